The number of aryl methyl sites for hydroxylation is 1. The topological polar surface area (TPSA) is 30.7 Å². The molecule has 0 atom stereocenters. The molecule has 3 rings (SSSR count). The molecule has 0 unspecified atom stereocenters. The van der Waals surface area contributed by atoms with Crippen LogP contribution in [0.25, 0.3) is 10.9 Å². The molecule has 0 spiro atoms. The lowest BCUT2D eigenvalue weighted by Crippen LogP contribution is -2.13. The number of para-hydroxylation sites is 1. The minimum absolute atomic E-state index is 0.287. The van der Waals surface area contributed by atoms with E-state index in [0.29, 0.717) is 0 Å². The van der Waals surface area contributed by atoms with Crippen LogP contribution >= 0.6 is 0 Å². The van der Waals surface area contributed by atoms with Crippen LogP contribution in [0.4, 0.5) is 13.2 Å². The smallest absolute Gasteiger partial charge is 0.328 e. The number of aromatic nitrogens is 3. The Morgan fingerprint density at radius 2 is 1.71 bits per heavy atom. The van der Waals surface area contributed by atoms with E-state index in [9.17, 15) is 13.2 Å². The SMILES string of the molecule is CCn1ccnc1C(F)(F)F.c1ccc2ncccc2c1. The molecule has 2 heterocycles. The molecule has 0 aliphatic carbocycles. The zero-order valence-corrected chi connectivity index (χ0v) is 11.4. The Morgan fingerprint density at radius 3 is 2.33 bits per heavy atom. The minimum atomic E-state index is -4.33. The van der Waals surface area contributed by atoms with Gasteiger partial charge in [-0.25, -0.2) is 4.98 Å². The van der Waals surface area contributed by atoms with Crippen molar-refractivity contribution in [3.63, 3.8) is 0 Å². The molecule has 0 bridgehead atoms. The number of hydrogen-bond donors (Lipinski definition) is 0. The summed E-state index contributed by atoms with van der Waals surface area (Å²) < 4.78 is 37.0. The molecule has 0 N–H and O–H groups in total. The van der Waals surface area contributed by atoms with Crippen molar-refractivity contribution in [3.8, 4) is 0 Å². The number of alkyl halides is 3. The van der Waals surface area contributed by atoms with Gasteiger partial charge in [0.15, 0.2) is 0 Å². The summed E-state index contributed by atoms with van der Waals surface area (Å²) in [5, 5.41) is 1.20. The predicted octanol–water partition coefficient (Wildman–Crippen LogP) is 4.16. The number of nitrogens with zero attached hydrogens (tertiary/aromatic N) is 3. The number of fused-ring (bicyclic) bond motifs is 1. The van der Waals surface area contributed by atoms with E-state index in [4.69, 9.17) is 0 Å². The molecular weight excluding hydrogens is 279 g/mol. The first-order chi connectivity index (χ1) is 10.0. The highest BCUT2D eigenvalue weighted by atomic mass is 19.4. The molecule has 3 aromatic rings. The van der Waals surface area contributed by atoms with Gasteiger partial charge in [0.2, 0.25) is 5.82 Å². The molecule has 6 heteroatoms. The zero-order valence-electron chi connectivity index (χ0n) is 11.4. The highest BCUT2D eigenvalue weighted by Crippen LogP contribution is 2.27. The average molecular weight is 293 g/mol. The van der Waals surface area contributed by atoms with Crippen molar-refractivity contribution in [2.45, 2.75) is 19.6 Å². The summed E-state index contributed by atoms with van der Waals surface area (Å²) in [6.45, 7) is 1.92. The van der Waals surface area contributed by atoms with E-state index in [-0.39, 0.29) is 6.54 Å². The first-order valence-electron chi connectivity index (χ1n) is 6.40. The normalized spacial score (nSPS) is 11.0. The fourth-order valence-electron chi connectivity index (χ4n) is 1.84. The third kappa shape index (κ3) is 3.81. The molecule has 0 saturated heterocycles. The molecule has 3 nitrogen and oxygen atoms in total. The number of imidazole rings is 1. The van der Waals surface area contributed by atoms with E-state index in [0.717, 1.165) is 16.3 Å². The van der Waals surface area contributed by atoms with E-state index in [1.807, 2.05) is 30.5 Å². The molecule has 0 saturated carbocycles. The largest absolute Gasteiger partial charge is 0.449 e. The van der Waals surface area contributed by atoms with Crippen molar-refractivity contribution in [2.24, 2.45) is 0 Å². The van der Waals surface area contributed by atoms with E-state index in [1.54, 1.807) is 6.92 Å². The fraction of sp³-hybridized carbons (Fsp3) is 0.200. The van der Waals surface area contributed by atoms with Gasteiger partial charge in [-0.05, 0) is 19.1 Å². The van der Waals surface area contributed by atoms with Crippen molar-refractivity contribution in [3.05, 3.63) is 60.8 Å². The third-order valence-corrected chi connectivity index (χ3v) is 2.82. The Balaban J connectivity index is 0.000000154. The summed E-state index contributed by atoms with van der Waals surface area (Å²) >= 11 is 0. The van der Waals surface area contributed by atoms with Crippen LogP contribution in [0.5, 0.6) is 0 Å². The van der Waals surface area contributed by atoms with Crippen molar-refractivity contribution < 1.29 is 13.2 Å². The van der Waals surface area contributed by atoms with Gasteiger partial charge in [0.25, 0.3) is 0 Å². The van der Waals surface area contributed by atoms with Crippen molar-refractivity contribution in [2.75, 3.05) is 0 Å². The van der Waals surface area contributed by atoms with Crippen LogP contribution < -0.4 is 0 Å². The van der Waals surface area contributed by atoms with Gasteiger partial charge in [0.05, 0.1) is 5.52 Å². The summed E-state index contributed by atoms with van der Waals surface area (Å²) in [5.41, 5.74) is 1.06. The number of rotatable bonds is 1. The molecule has 0 aliphatic rings. The summed E-state index contributed by atoms with van der Waals surface area (Å²) in [6.07, 6.45) is -0.0724. The van der Waals surface area contributed by atoms with E-state index in [1.165, 1.54) is 11.6 Å². The summed E-state index contributed by atoms with van der Waals surface area (Å²) in [6, 6.07) is 12.1. The van der Waals surface area contributed by atoms with Crippen LogP contribution in [0.1, 0.15) is 12.7 Å². The lowest BCUT2D eigenvalue weighted by Gasteiger charge is -2.06. The minimum Gasteiger partial charge on any atom is -0.328 e. The van der Waals surface area contributed by atoms with Crippen LogP contribution in [0.3, 0.4) is 0 Å². The zero-order chi connectivity index (χ0) is 15.3. The van der Waals surface area contributed by atoms with E-state index in [2.05, 4.69) is 22.1 Å². The maximum absolute atomic E-state index is 12.0. The molecule has 110 valence electrons. The maximum Gasteiger partial charge on any atom is 0.449 e. The van der Waals surface area contributed by atoms with Crippen molar-refractivity contribution in [1.29, 1.82) is 0 Å². The van der Waals surface area contributed by atoms with Crippen LogP contribution in [0.2, 0.25) is 0 Å². The Bertz CT molecular complexity index is 639. The molecule has 0 radical (unpaired) electrons. The Morgan fingerprint density at radius 1 is 1.00 bits per heavy atom. The van der Waals surface area contributed by atoms with Crippen molar-refractivity contribution >= 4 is 10.9 Å². The number of pyridine rings is 1. The molecule has 21 heavy (non-hydrogen) atoms. The van der Waals surface area contributed by atoms with Crippen molar-refractivity contribution in [1.82, 2.24) is 14.5 Å². The van der Waals surface area contributed by atoms with Gasteiger partial charge in [0.1, 0.15) is 0 Å². The second-order valence-electron chi connectivity index (χ2n) is 4.23. The molecular formula is C15H14F3N3. The first kappa shape index (κ1) is 15.0. The predicted molar refractivity (Wildman–Crippen MR) is 74.6 cm³/mol. The van der Waals surface area contributed by atoms with Gasteiger partial charge >= 0.3 is 6.18 Å². The highest BCUT2D eigenvalue weighted by Gasteiger charge is 2.35. The number of hydrogen-bond acceptors (Lipinski definition) is 2. The number of halogens is 3. The van der Waals surface area contributed by atoms with Gasteiger partial charge in [-0.3, -0.25) is 4.98 Å². The van der Waals surface area contributed by atoms with Gasteiger partial charge in [-0.1, -0.05) is 24.3 Å². The Labute approximate surface area is 120 Å². The Hall–Kier alpha value is -2.37. The quantitative estimate of drug-likeness (QED) is 0.674. The number of benzene rings is 1. The molecule has 1 aromatic carbocycles. The van der Waals surface area contributed by atoms with Gasteiger partial charge in [-0.15, -0.1) is 0 Å². The standard InChI is InChI=1S/C9H7N.C6H7F3N2/c1-2-6-9-8(4-1)5-3-7-10-9;1-2-11-4-3-10-5(11)6(7,8)9/h1-7H;3-4H,2H2,1H3. The summed E-state index contributed by atoms with van der Waals surface area (Å²) in [7, 11) is 0. The van der Waals surface area contributed by atoms with Gasteiger partial charge < -0.3 is 4.57 Å². The summed E-state index contributed by atoms with van der Waals surface area (Å²) in [5.74, 6) is -0.833. The lowest BCUT2D eigenvalue weighted by atomic mass is 10.2. The molecule has 2 aromatic heterocycles. The van der Waals surface area contributed by atoms with Crippen LogP contribution in [0.15, 0.2) is 55.0 Å². The van der Waals surface area contributed by atoms with Crippen LogP contribution in [0, 0.1) is 0 Å². The Kier molecular flexibility index (Phi) is 4.57. The maximum atomic E-state index is 12.0. The second-order valence-corrected chi connectivity index (χ2v) is 4.23. The van der Waals surface area contributed by atoms with Crippen LogP contribution in [-0.2, 0) is 12.7 Å². The van der Waals surface area contributed by atoms with Crippen LogP contribution in [-0.4, -0.2) is 14.5 Å². The molecule has 0 aliphatic heterocycles. The molecule has 0 fully saturated rings. The third-order valence-electron chi connectivity index (χ3n) is 2.82. The summed E-state index contributed by atoms with van der Waals surface area (Å²) in [4.78, 5) is 7.38. The highest BCUT2D eigenvalue weighted by molar-refractivity contribution is 5.77. The fourth-order valence-corrected chi connectivity index (χ4v) is 1.84. The monoisotopic (exact) mass is 293 g/mol. The lowest BCUT2D eigenvalue weighted by molar-refractivity contribution is -0.147. The van der Waals surface area contributed by atoms with E-state index < -0.39 is 12.0 Å². The average Bonchev–Trinajstić information content (AvgIpc) is 2.97. The molecule has 0 amide bonds. The first-order valence-corrected chi connectivity index (χ1v) is 6.40. The van der Waals surface area contributed by atoms with Gasteiger partial charge in [-0.2, -0.15) is 13.2 Å². The van der Waals surface area contributed by atoms with Gasteiger partial charge in [0, 0.05) is 30.5 Å². The van der Waals surface area contributed by atoms with E-state index >= 15 is 0 Å². The second kappa shape index (κ2) is 6.39.